The van der Waals surface area contributed by atoms with Crippen LogP contribution >= 0.6 is 11.8 Å². The van der Waals surface area contributed by atoms with Crippen LogP contribution < -0.4 is 0 Å². The number of carbonyl (C=O) groups is 1. The van der Waals surface area contributed by atoms with Crippen molar-refractivity contribution in [1.82, 2.24) is 9.78 Å². The Kier molecular flexibility index (Phi) is 4.66. The van der Waals surface area contributed by atoms with Gasteiger partial charge in [0.2, 0.25) is 0 Å². The van der Waals surface area contributed by atoms with Crippen molar-refractivity contribution in [1.29, 1.82) is 0 Å². The number of carbonyl (C=O) groups excluding carboxylic acids is 1. The Hall–Kier alpha value is -0.770. The third-order valence-electron chi connectivity index (χ3n) is 3.28. The summed E-state index contributed by atoms with van der Waals surface area (Å²) in [5, 5.41) is 4.84. The molecule has 1 aromatic rings. The lowest BCUT2D eigenvalue weighted by atomic mass is 10.0. The average molecular weight is 252 g/mol. The molecule has 2 rings (SSSR count). The minimum atomic E-state index is 0.222. The van der Waals surface area contributed by atoms with Gasteiger partial charge in [0.25, 0.3) is 0 Å². The Morgan fingerprint density at radius 2 is 2.24 bits per heavy atom. The van der Waals surface area contributed by atoms with Crippen molar-refractivity contribution in [3.05, 3.63) is 18.0 Å². The Morgan fingerprint density at radius 1 is 1.47 bits per heavy atom. The zero-order chi connectivity index (χ0) is 12.1. The highest BCUT2D eigenvalue weighted by molar-refractivity contribution is 8.00. The largest absolute Gasteiger partial charge is 0.293 e. The van der Waals surface area contributed by atoms with Gasteiger partial charge in [-0.25, -0.2) is 0 Å². The maximum absolute atomic E-state index is 11.9. The number of aryl methyl sites for hydroxylation is 1. The highest BCUT2D eigenvalue weighted by atomic mass is 32.2. The molecule has 0 atom stereocenters. The van der Waals surface area contributed by atoms with E-state index < -0.39 is 0 Å². The third-order valence-corrected chi connectivity index (χ3v) is 4.65. The standard InChI is InChI=1S/C13H20N2OS/c1-2-15-9-11(8-14-15)13(16)10-17-12-6-4-3-5-7-12/h8-9,12H,2-7,10H2,1H3. The zero-order valence-electron chi connectivity index (χ0n) is 10.4. The first kappa shape index (κ1) is 12.7. The van der Waals surface area contributed by atoms with Crippen LogP contribution in [0.1, 0.15) is 49.4 Å². The van der Waals surface area contributed by atoms with Crippen LogP contribution in [-0.4, -0.2) is 26.6 Å². The van der Waals surface area contributed by atoms with Crippen molar-refractivity contribution in [2.24, 2.45) is 0 Å². The van der Waals surface area contributed by atoms with Gasteiger partial charge in [0.15, 0.2) is 5.78 Å². The van der Waals surface area contributed by atoms with E-state index in [1.807, 2.05) is 24.9 Å². The molecule has 4 heteroatoms. The lowest BCUT2D eigenvalue weighted by Crippen LogP contribution is -2.12. The van der Waals surface area contributed by atoms with Gasteiger partial charge in [0.1, 0.15) is 0 Å². The topological polar surface area (TPSA) is 34.9 Å². The molecule has 94 valence electrons. The van der Waals surface area contributed by atoms with E-state index in [-0.39, 0.29) is 5.78 Å². The number of thioether (sulfide) groups is 1. The molecule has 1 aliphatic carbocycles. The molecule has 0 spiro atoms. The molecule has 0 aliphatic heterocycles. The number of rotatable bonds is 5. The van der Waals surface area contributed by atoms with E-state index in [4.69, 9.17) is 0 Å². The molecular formula is C13H20N2OS. The molecule has 0 bridgehead atoms. The van der Waals surface area contributed by atoms with Crippen LogP contribution in [0.3, 0.4) is 0 Å². The van der Waals surface area contributed by atoms with Crippen LogP contribution in [0.25, 0.3) is 0 Å². The molecule has 17 heavy (non-hydrogen) atoms. The monoisotopic (exact) mass is 252 g/mol. The highest BCUT2D eigenvalue weighted by Gasteiger charge is 2.16. The van der Waals surface area contributed by atoms with E-state index >= 15 is 0 Å². The van der Waals surface area contributed by atoms with Crippen molar-refractivity contribution in [2.75, 3.05) is 5.75 Å². The molecule has 1 fully saturated rings. The summed E-state index contributed by atoms with van der Waals surface area (Å²) in [4.78, 5) is 11.9. The van der Waals surface area contributed by atoms with Gasteiger partial charge in [-0.1, -0.05) is 19.3 Å². The predicted octanol–water partition coefficient (Wildman–Crippen LogP) is 3.15. The molecule has 0 radical (unpaired) electrons. The Morgan fingerprint density at radius 3 is 2.88 bits per heavy atom. The summed E-state index contributed by atoms with van der Waals surface area (Å²) in [6.45, 7) is 2.85. The summed E-state index contributed by atoms with van der Waals surface area (Å²) in [6, 6.07) is 0. The smallest absolute Gasteiger partial charge is 0.175 e. The van der Waals surface area contributed by atoms with E-state index in [1.165, 1.54) is 32.1 Å². The maximum Gasteiger partial charge on any atom is 0.175 e. The fourth-order valence-corrected chi connectivity index (χ4v) is 3.41. The van der Waals surface area contributed by atoms with Crippen LogP contribution in [0.4, 0.5) is 0 Å². The normalized spacial score (nSPS) is 17.2. The molecule has 0 aromatic carbocycles. The van der Waals surface area contributed by atoms with Crippen molar-refractivity contribution in [3.63, 3.8) is 0 Å². The average Bonchev–Trinajstić information content (AvgIpc) is 2.86. The third kappa shape index (κ3) is 3.60. The Bertz CT molecular complexity index is 369. The fraction of sp³-hybridized carbons (Fsp3) is 0.692. The molecule has 0 unspecified atom stereocenters. The predicted molar refractivity (Wildman–Crippen MR) is 71.6 cm³/mol. The van der Waals surface area contributed by atoms with Crippen LogP contribution in [0.2, 0.25) is 0 Å². The quantitative estimate of drug-likeness (QED) is 0.755. The molecule has 1 saturated carbocycles. The first-order valence-corrected chi connectivity index (χ1v) is 7.51. The number of aromatic nitrogens is 2. The minimum absolute atomic E-state index is 0.222. The number of hydrogen-bond donors (Lipinski definition) is 0. The van der Waals surface area contributed by atoms with Crippen LogP contribution in [0, 0.1) is 0 Å². The van der Waals surface area contributed by atoms with Gasteiger partial charge < -0.3 is 0 Å². The highest BCUT2D eigenvalue weighted by Crippen LogP contribution is 2.28. The first-order valence-electron chi connectivity index (χ1n) is 6.47. The van der Waals surface area contributed by atoms with Crippen molar-refractivity contribution < 1.29 is 4.79 Å². The van der Waals surface area contributed by atoms with Crippen LogP contribution in [-0.2, 0) is 6.54 Å². The van der Waals surface area contributed by atoms with Crippen LogP contribution in [0.15, 0.2) is 12.4 Å². The lowest BCUT2D eigenvalue weighted by molar-refractivity contribution is 0.102. The molecule has 1 heterocycles. The number of Topliss-reactive ketones (excluding diaryl/α,β-unsaturated/α-hetero) is 1. The van der Waals surface area contributed by atoms with E-state index in [2.05, 4.69) is 5.10 Å². The minimum Gasteiger partial charge on any atom is -0.293 e. The van der Waals surface area contributed by atoms with Crippen molar-refractivity contribution in [3.8, 4) is 0 Å². The van der Waals surface area contributed by atoms with Gasteiger partial charge in [-0.3, -0.25) is 9.48 Å². The zero-order valence-corrected chi connectivity index (χ0v) is 11.2. The van der Waals surface area contributed by atoms with E-state index in [0.717, 1.165) is 12.1 Å². The molecular weight excluding hydrogens is 232 g/mol. The second-order valence-corrected chi connectivity index (χ2v) is 5.87. The van der Waals surface area contributed by atoms with Crippen molar-refractivity contribution in [2.45, 2.75) is 50.8 Å². The maximum atomic E-state index is 11.9. The molecule has 0 N–H and O–H groups in total. The number of nitrogens with zero attached hydrogens (tertiary/aromatic N) is 2. The molecule has 1 aromatic heterocycles. The number of hydrogen-bond acceptors (Lipinski definition) is 3. The van der Waals surface area contributed by atoms with Gasteiger partial charge in [-0.05, 0) is 19.8 Å². The first-order chi connectivity index (χ1) is 8.29. The van der Waals surface area contributed by atoms with E-state index in [9.17, 15) is 4.79 Å². The Labute approximate surface area is 107 Å². The summed E-state index contributed by atoms with van der Waals surface area (Å²) in [7, 11) is 0. The molecule has 0 amide bonds. The van der Waals surface area contributed by atoms with E-state index in [1.54, 1.807) is 10.9 Å². The Balaban J connectivity index is 1.80. The summed E-state index contributed by atoms with van der Waals surface area (Å²) >= 11 is 1.83. The summed E-state index contributed by atoms with van der Waals surface area (Å²) in [6.07, 6.45) is 10.1. The van der Waals surface area contributed by atoms with Gasteiger partial charge in [-0.15, -0.1) is 0 Å². The summed E-state index contributed by atoms with van der Waals surface area (Å²) in [5.41, 5.74) is 0.759. The van der Waals surface area contributed by atoms with Crippen molar-refractivity contribution >= 4 is 17.5 Å². The van der Waals surface area contributed by atoms with E-state index in [0.29, 0.717) is 11.0 Å². The number of ketones is 1. The van der Waals surface area contributed by atoms with Gasteiger partial charge in [-0.2, -0.15) is 16.9 Å². The molecule has 3 nitrogen and oxygen atoms in total. The lowest BCUT2D eigenvalue weighted by Gasteiger charge is -2.20. The van der Waals surface area contributed by atoms with Crippen LogP contribution in [0.5, 0.6) is 0 Å². The second-order valence-electron chi connectivity index (χ2n) is 4.58. The summed E-state index contributed by atoms with van der Waals surface area (Å²) in [5.74, 6) is 0.834. The SMILES string of the molecule is CCn1cc(C(=O)CSC2CCCCC2)cn1. The van der Waals surface area contributed by atoms with Gasteiger partial charge in [0, 0.05) is 18.0 Å². The van der Waals surface area contributed by atoms with Gasteiger partial charge in [0.05, 0.1) is 17.5 Å². The van der Waals surface area contributed by atoms with Gasteiger partial charge >= 0.3 is 0 Å². The fourth-order valence-electron chi connectivity index (χ4n) is 2.19. The molecule has 0 saturated heterocycles. The second kappa shape index (κ2) is 6.24. The summed E-state index contributed by atoms with van der Waals surface area (Å²) < 4.78 is 1.80. The molecule has 1 aliphatic rings.